The van der Waals surface area contributed by atoms with Gasteiger partial charge in [0.2, 0.25) is 0 Å². The number of rotatable bonds is 7. The van der Waals surface area contributed by atoms with Crippen molar-refractivity contribution in [3.63, 3.8) is 0 Å². The van der Waals surface area contributed by atoms with E-state index in [2.05, 4.69) is 53.4 Å². The van der Waals surface area contributed by atoms with E-state index in [9.17, 15) is 0 Å². The Morgan fingerprint density at radius 1 is 1.06 bits per heavy atom. The Morgan fingerprint density at radius 2 is 1.53 bits per heavy atom. The number of ether oxygens (including phenoxy) is 1. The van der Waals surface area contributed by atoms with Crippen molar-refractivity contribution in [3.8, 4) is 0 Å². The molecular formula is C15H33NO. The minimum Gasteiger partial charge on any atom is -0.384 e. The summed E-state index contributed by atoms with van der Waals surface area (Å²) in [6.07, 6.45) is 0. The van der Waals surface area contributed by atoms with Gasteiger partial charge in [-0.2, -0.15) is 0 Å². The average molecular weight is 243 g/mol. The van der Waals surface area contributed by atoms with Crippen molar-refractivity contribution in [2.45, 2.75) is 48.5 Å². The Morgan fingerprint density at radius 3 is 1.76 bits per heavy atom. The van der Waals surface area contributed by atoms with Gasteiger partial charge in [0.05, 0.1) is 6.61 Å². The Balaban J connectivity index is 5.18. The lowest BCUT2D eigenvalue weighted by Crippen LogP contribution is -2.52. The first kappa shape index (κ1) is 16.9. The second-order valence-electron chi connectivity index (χ2n) is 6.46. The van der Waals surface area contributed by atoms with E-state index in [1.165, 1.54) is 0 Å². The van der Waals surface area contributed by atoms with Crippen LogP contribution in [-0.2, 0) is 4.74 Å². The van der Waals surface area contributed by atoms with Crippen molar-refractivity contribution in [1.82, 2.24) is 4.90 Å². The summed E-state index contributed by atoms with van der Waals surface area (Å²) in [6.45, 7) is 20.4. The van der Waals surface area contributed by atoms with E-state index in [0.717, 1.165) is 26.2 Å². The Hall–Kier alpha value is -0.0800. The summed E-state index contributed by atoms with van der Waals surface area (Å²) in [4.78, 5) is 2.52. The predicted octanol–water partition coefficient (Wildman–Crippen LogP) is 3.66. The molecule has 104 valence electrons. The van der Waals surface area contributed by atoms with Crippen LogP contribution in [0.25, 0.3) is 0 Å². The van der Waals surface area contributed by atoms with Crippen molar-refractivity contribution in [2.24, 2.45) is 16.7 Å². The van der Waals surface area contributed by atoms with Gasteiger partial charge in [-0.15, -0.1) is 0 Å². The van der Waals surface area contributed by atoms with Gasteiger partial charge in [-0.1, -0.05) is 48.5 Å². The topological polar surface area (TPSA) is 12.5 Å². The lowest BCUT2D eigenvalue weighted by atomic mass is 9.60. The standard InChI is InChI=1S/C15H33NO/c1-9-16(10-2)11-15(12-17-8,13(3)4)14(5,6)7/h13H,9-12H2,1-8H3. The molecule has 0 aliphatic heterocycles. The summed E-state index contributed by atoms with van der Waals surface area (Å²) in [5.41, 5.74) is 0.466. The van der Waals surface area contributed by atoms with Gasteiger partial charge in [0.25, 0.3) is 0 Å². The van der Waals surface area contributed by atoms with Crippen molar-refractivity contribution in [2.75, 3.05) is 33.4 Å². The fraction of sp³-hybridized carbons (Fsp3) is 1.00. The SMILES string of the molecule is CCN(CC)CC(COC)(C(C)C)C(C)(C)C. The monoisotopic (exact) mass is 243 g/mol. The van der Waals surface area contributed by atoms with Gasteiger partial charge in [0.15, 0.2) is 0 Å². The highest BCUT2D eigenvalue weighted by atomic mass is 16.5. The normalized spacial score (nSPS) is 16.6. The third-order valence-electron chi connectivity index (χ3n) is 4.40. The fourth-order valence-corrected chi connectivity index (χ4v) is 2.82. The van der Waals surface area contributed by atoms with Crippen LogP contribution in [0.4, 0.5) is 0 Å². The van der Waals surface area contributed by atoms with Gasteiger partial charge in [-0.05, 0) is 24.4 Å². The smallest absolute Gasteiger partial charge is 0.0538 e. The Labute approximate surface area is 109 Å². The molecule has 0 aromatic carbocycles. The zero-order valence-electron chi connectivity index (χ0n) is 13.3. The molecule has 1 unspecified atom stereocenters. The van der Waals surface area contributed by atoms with Crippen LogP contribution in [0.2, 0.25) is 0 Å². The Kier molecular flexibility index (Phi) is 6.71. The molecule has 2 heteroatoms. The van der Waals surface area contributed by atoms with E-state index in [-0.39, 0.29) is 10.8 Å². The highest BCUT2D eigenvalue weighted by molar-refractivity contribution is 4.95. The fourth-order valence-electron chi connectivity index (χ4n) is 2.82. The maximum atomic E-state index is 5.56. The van der Waals surface area contributed by atoms with Crippen LogP contribution in [0.15, 0.2) is 0 Å². The minimum absolute atomic E-state index is 0.216. The summed E-state index contributed by atoms with van der Waals surface area (Å²) in [5.74, 6) is 0.614. The molecule has 0 bridgehead atoms. The molecule has 0 saturated heterocycles. The molecule has 0 heterocycles. The lowest BCUT2D eigenvalue weighted by Gasteiger charge is -2.50. The van der Waals surface area contributed by atoms with Crippen LogP contribution in [0.1, 0.15) is 48.5 Å². The zero-order valence-corrected chi connectivity index (χ0v) is 13.3. The average Bonchev–Trinajstić information content (AvgIpc) is 2.22. The molecule has 17 heavy (non-hydrogen) atoms. The summed E-state index contributed by atoms with van der Waals surface area (Å²) in [5, 5.41) is 0. The van der Waals surface area contributed by atoms with Gasteiger partial charge in [0, 0.05) is 19.1 Å². The summed E-state index contributed by atoms with van der Waals surface area (Å²) >= 11 is 0. The summed E-state index contributed by atoms with van der Waals surface area (Å²) < 4.78 is 5.56. The number of methoxy groups -OCH3 is 1. The van der Waals surface area contributed by atoms with Crippen molar-refractivity contribution in [1.29, 1.82) is 0 Å². The quantitative estimate of drug-likeness (QED) is 0.676. The largest absolute Gasteiger partial charge is 0.384 e. The van der Waals surface area contributed by atoms with E-state index in [4.69, 9.17) is 4.74 Å². The summed E-state index contributed by atoms with van der Waals surface area (Å²) in [6, 6.07) is 0. The van der Waals surface area contributed by atoms with Crippen LogP contribution in [0, 0.1) is 16.7 Å². The van der Waals surface area contributed by atoms with E-state index in [1.807, 2.05) is 7.11 Å². The van der Waals surface area contributed by atoms with E-state index in [1.54, 1.807) is 0 Å². The van der Waals surface area contributed by atoms with Gasteiger partial charge in [0.1, 0.15) is 0 Å². The van der Waals surface area contributed by atoms with Crippen molar-refractivity contribution in [3.05, 3.63) is 0 Å². The van der Waals surface area contributed by atoms with Gasteiger partial charge < -0.3 is 9.64 Å². The highest BCUT2D eigenvalue weighted by Crippen LogP contribution is 2.45. The van der Waals surface area contributed by atoms with E-state index in [0.29, 0.717) is 5.92 Å². The second-order valence-corrected chi connectivity index (χ2v) is 6.46. The second kappa shape index (κ2) is 6.75. The predicted molar refractivity (Wildman–Crippen MR) is 76.4 cm³/mol. The summed E-state index contributed by atoms with van der Waals surface area (Å²) in [7, 11) is 1.82. The molecule has 0 saturated carbocycles. The maximum Gasteiger partial charge on any atom is 0.0538 e. The van der Waals surface area contributed by atoms with Gasteiger partial charge >= 0.3 is 0 Å². The highest BCUT2D eigenvalue weighted by Gasteiger charge is 2.45. The Bertz CT molecular complexity index is 203. The van der Waals surface area contributed by atoms with Crippen molar-refractivity contribution >= 4 is 0 Å². The molecule has 0 aromatic rings. The molecule has 0 amide bonds. The zero-order chi connectivity index (χ0) is 13.7. The van der Waals surface area contributed by atoms with E-state index >= 15 is 0 Å². The van der Waals surface area contributed by atoms with Crippen LogP contribution in [0.5, 0.6) is 0 Å². The molecule has 0 rings (SSSR count). The third-order valence-corrected chi connectivity index (χ3v) is 4.40. The number of hydrogen-bond donors (Lipinski definition) is 0. The van der Waals surface area contributed by atoms with Crippen LogP contribution in [-0.4, -0.2) is 38.3 Å². The third kappa shape index (κ3) is 3.96. The molecule has 0 spiro atoms. The molecule has 0 aliphatic carbocycles. The number of nitrogens with zero attached hydrogens (tertiary/aromatic N) is 1. The van der Waals surface area contributed by atoms with Crippen LogP contribution in [0.3, 0.4) is 0 Å². The van der Waals surface area contributed by atoms with Gasteiger partial charge in [-0.3, -0.25) is 0 Å². The maximum absolute atomic E-state index is 5.56. The first-order chi connectivity index (χ1) is 7.75. The molecule has 1 atom stereocenters. The molecule has 2 nitrogen and oxygen atoms in total. The molecule has 0 fully saturated rings. The minimum atomic E-state index is 0.216. The number of hydrogen-bond acceptors (Lipinski definition) is 2. The van der Waals surface area contributed by atoms with Gasteiger partial charge in [-0.25, -0.2) is 0 Å². The molecule has 0 N–H and O–H groups in total. The first-order valence-electron chi connectivity index (χ1n) is 6.96. The van der Waals surface area contributed by atoms with E-state index < -0.39 is 0 Å². The van der Waals surface area contributed by atoms with Crippen molar-refractivity contribution < 1.29 is 4.74 Å². The molecule has 0 aliphatic rings. The van der Waals surface area contributed by atoms with Crippen LogP contribution >= 0.6 is 0 Å². The lowest BCUT2D eigenvalue weighted by molar-refractivity contribution is -0.0648. The molecule has 0 radical (unpaired) electrons. The molecular weight excluding hydrogens is 210 g/mol. The molecule has 0 aromatic heterocycles. The van der Waals surface area contributed by atoms with Crippen LogP contribution < -0.4 is 0 Å². The first-order valence-corrected chi connectivity index (χ1v) is 6.96.